The first-order valence-electron chi connectivity index (χ1n) is 15.7. The van der Waals surface area contributed by atoms with Crippen LogP contribution < -0.4 is 0 Å². The van der Waals surface area contributed by atoms with E-state index in [0.717, 1.165) is 66.2 Å². The summed E-state index contributed by atoms with van der Waals surface area (Å²) in [5, 5.41) is 16.9. The molecule has 0 saturated carbocycles. The third-order valence-electron chi connectivity index (χ3n) is 9.53. The van der Waals surface area contributed by atoms with Gasteiger partial charge in [-0.25, -0.2) is 0 Å². The highest BCUT2D eigenvalue weighted by atomic mass is 16.3. The number of rotatable bonds is 3. The maximum absolute atomic E-state index is 10.1. The molecule has 0 atom stereocenters. The zero-order valence-electron chi connectivity index (χ0n) is 25.2. The van der Waals surface area contributed by atoms with Crippen LogP contribution >= 0.6 is 0 Å². The highest BCUT2D eigenvalue weighted by molar-refractivity contribution is 6.17. The van der Waals surface area contributed by atoms with Gasteiger partial charge in [0.2, 0.25) is 0 Å². The number of furan rings is 1. The largest absolute Gasteiger partial charge is 0.456 e. The third kappa shape index (κ3) is 3.69. The van der Waals surface area contributed by atoms with Crippen LogP contribution in [0.1, 0.15) is 5.56 Å². The van der Waals surface area contributed by atoms with Gasteiger partial charge in [0.1, 0.15) is 11.2 Å². The van der Waals surface area contributed by atoms with Crippen molar-refractivity contribution < 1.29 is 4.42 Å². The maximum atomic E-state index is 10.1. The maximum Gasteiger partial charge on any atom is 0.136 e. The lowest BCUT2D eigenvalue weighted by atomic mass is 10.0. The van der Waals surface area contributed by atoms with Crippen LogP contribution in [0.5, 0.6) is 0 Å². The molecule has 0 unspecified atom stereocenters. The monoisotopic (exact) mass is 599 g/mol. The Morgan fingerprint density at radius 2 is 1.09 bits per heavy atom. The van der Waals surface area contributed by atoms with E-state index < -0.39 is 0 Å². The predicted octanol–water partition coefficient (Wildman–Crippen LogP) is 11.3. The molecule has 0 aliphatic heterocycles. The van der Waals surface area contributed by atoms with Crippen molar-refractivity contribution in [2.75, 3.05) is 0 Å². The molecule has 0 fully saturated rings. The van der Waals surface area contributed by atoms with E-state index in [-0.39, 0.29) is 0 Å². The summed E-state index contributed by atoms with van der Waals surface area (Å²) in [5.41, 5.74) is 11.0. The lowest BCUT2D eigenvalue weighted by Crippen LogP contribution is -1.99. The number of hydrogen-bond donors (Lipinski definition) is 0. The Labute approximate surface area is 269 Å². The first-order chi connectivity index (χ1) is 23.3. The molecular formula is C43H25N3O. The zero-order chi connectivity index (χ0) is 31.1. The van der Waals surface area contributed by atoms with Crippen molar-refractivity contribution >= 4 is 65.6 Å². The van der Waals surface area contributed by atoms with Crippen molar-refractivity contribution in [2.24, 2.45) is 0 Å². The van der Waals surface area contributed by atoms with Crippen LogP contribution in [-0.2, 0) is 0 Å². The molecule has 7 aromatic carbocycles. The summed E-state index contributed by atoms with van der Waals surface area (Å²) in [6, 6.07) is 55.4. The third-order valence-corrected chi connectivity index (χ3v) is 9.53. The fraction of sp³-hybridized carbons (Fsp3) is 0. The van der Waals surface area contributed by atoms with Crippen LogP contribution in [0.2, 0.25) is 0 Å². The SMILES string of the molecule is N#Cc1ccc(-c2cccc(-n3c4ccccc4c4ccccc43)c2)c(-n2c3ccccc3c3cc4oc5ccccc5c4cc32)c1. The molecule has 0 N–H and O–H groups in total. The lowest BCUT2D eigenvalue weighted by Gasteiger charge is -2.16. The predicted molar refractivity (Wildman–Crippen MR) is 193 cm³/mol. The standard InChI is InChI=1S/C43H25N3O/c44-26-27-20-21-30(28-10-9-11-29(23-28)45-37-16-5-1-12-31(37)32-13-2-6-17-38(32)45)40(22-27)46-39-18-7-3-14-33(39)35-25-43-36(24-41(35)46)34-15-4-8-19-42(34)47-43/h1-25H. The van der Waals surface area contributed by atoms with E-state index in [2.05, 4.69) is 143 Å². The average molecular weight is 600 g/mol. The second kappa shape index (κ2) is 9.71. The van der Waals surface area contributed by atoms with Gasteiger partial charge in [-0.2, -0.15) is 5.26 Å². The van der Waals surface area contributed by atoms with Crippen LogP contribution in [0.4, 0.5) is 0 Å². The Kier molecular flexibility index (Phi) is 5.32. The Balaban J connectivity index is 1.27. The highest BCUT2D eigenvalue weighted by Gasteiger charge is 2.20. The average Bonchev–Trinajstić information content (AvgIpc) is 3.78. The molecule has 3 aromatic heterocycles. The summed E-state index contributed by atoms with van der Waals surface area (Å²) in [6.07, 6.45) is 0. The highest BCUT2D eigenvalue weighted by Crippen LogP contribution is 2.41. The van der Waals surface area contributed by atoms with Crippen molar-refractivity contribution in [3.8, 4) is 28.6 Å². The van der Waals surface area contributed by atoms with Crippen LogP contribution in [0.15, 0.2) is 156 Å². The van der Waals surface area contributed by atoms with Crippen molar-refractivity contribution in [1.82, 2.24) is 9.13 Å². The van der Waals surface area contributed by atoms with Crippen LogP contribution in [0.25, 0.3) is 88.1 Å². The molecule has 0 saturated heterocycles. The number of benzene rings is 7. The van der Waals surface area contributed by atoms with E-state index in [9.17, 15) is 5.26 Å². The smallest absolute Gasteiger partial charge is 0.136 e. The quantitative estimate of drug-likeness (QED) is 0.203. The van der Waals surface area contributed by atoms with Gasteiger partial charge < -0.3 is 13.6 Å². The van der Waals surface area contributed by atoms with Crippen LogP contribution in [0.3, 0.4) is 0 Å². The first-order valence-corrected chi connectivity index (χ1v) is 15.7. The molecule has 0 aliphatic carbocycles. The van der Waals surface area contributed by atoms with Gasteiger partial charge in [-0.05, 0) is 66.2 Å². The van der Waals surface area contributed by atoms with Gasteiger partial charge in [0.05, 0.1) is 39.4 Å². The Morgan fingerprint density at radius 3 is 1.81 bits per heavy atom. The number of fused-ring (bicyclic) bond motifs is 9. The molecule has 0 spiro atoms. The molecule has 47 heavy (non-hydrogen) atoms. The number of nitrogens with zero attached hydrogens (tertiary/aromatic N) is 3. The molecule has 0 bridgehead atoms. The molecule has 10 aromatic rings. The molecule has 10 rings (SSSR count). The van der Waals surface area contributed by atoms with Crippen LogP contribution in [0, 0.1) is 11.3 Å². The van der Waals surface area contributed by atoms with Gasteiger partial charge in [-0.1, -0.05) is 91.0 Å². The topological polar surface area (TPSA) is 46.8 Å². The van der Waals surface area contributed by atoms with Crippen molar-refractivity contribution in [3.05, 3.63) is 157 Å². The Hall–Kier alpha value is -6.57. The second-order valence-corrected chi connectivity index (χ2v) is 12.1. The number of para-hydroxylation sites is 4. The Morgan fingerprint density at radius 1 is 0.447 bits per heavy atom. The van der Waals surface area contributed by atoms with Gasteiger partial charge in [0.25, 0.3) is 0 Å². The molecule has 0 aliphatic rings. The van der Waals surface area contributed by atoms with Gasteiger partial charge in [-0.3, -0.25) is 0 Å². The molecule has 4 heteroatoms. The minimum atomic E-state index is 0.614. The molecular weight excluding hydrogens is 574 g/mol. The van der Waals surface area contributed by atoms with Gasteiger partial charge in [-0.15, -0.1) is 0 Å². The Bertz CT molecular complexity index is 2880. The van der Waals surface area contributed by atoms with E-state index in [1.165, 1.54) is 21.8 Å². The van der Waals surface area contributed by atoms with Crippen LogP contribution in [-0.4, -0.2) is 9.13 Å². The van der Waals surface area contributed by atoms with Crippen molar-refractivity contribution in [3.63, 3.8) is 0 Å². The fourth-order valence-electron chi connectivity index (χ4n) is 7.49. The molecule has 0 radical (unpaired) electrons. The zero-order valence-corrected chi connectivity index (χ0v) is 25.2. The van der Waals surface area contributed by atoms with Crippen molar-refractivity contribution in [1.29, 1.82) is 5.26 Å². The van der Waals surface area contributed by atoms with Gasteiger partial charge in [0, 0.05) is 43.6 Å². The van der Waals surface area contributed by atoms with E-state index >= 15 is 0 Å². The number of nitriles is 1. The molecule has 218 valence electrons. The number of aromatic nitrogens is 2. The first kappa shape index (κ1) is 25.7. The normalized spacial score (nSPS) is 11.8. The second-order valence-electron chi connectivity index (χ2n) is 12.1. The molecule has 3 heterocycles. The summed E-state index contributed by atoms with van der Waals surface area (Å²) in [4.78, 5) is 0. The fourth-order valence-corrected chi connectivity index (χ4v) is 7.49. The molecule has 4 nitrogen and oxygen atoms in total. The van der Waals surface area contributed by atoms with E-state index in [1.807, 2.05) is 24.3 Å². The lowest BCUT2D eigenvalue weighted by molar-refractivity contribution is 0.669. The van der Waals surface area contributed by atoms with Crippen molar-refractivity contribution in [2.45, 2.75) is 0 Å². The summed E-state index contributed by atoms with van der Waals surface area (Å²) >= 11 is 0. The molecule has 0 amide bonds. The van der Waals surface area contributed by atoms with E-state index in [0.29, 0.717) is 5.56 Å². The van der Waals surface area contributed by atoms with Gasteiger partial charge in [0.15, 0.2) is 0 Å². The summed E-state index contributed by atoms with van der Waals surface area (Å²) in [7, 11) is 0. The summed E-state index contributed by atoms with van der Waals surface area (Å²) in [6.45, 7) is 0. The van der Waals surface area contributed by atoms with E-state index in [4.69, 9.17) is 4.42 Å². The van der Waals surface area contributed by atoms with Gasteiger partial charge >= 0.3 is 0 Å². The summed E-state index contributed by atoms with van der Waals surface area (Å²) < 4.78 is 11.0. The number of hydrogen-bond acceptors (Lipinski definition) is 2. The minimum Gasteiger partial charge on any atom is -0.456 e. The minimum absolute atomic E-state index is 0.614. The van der Waals surface area contributed by atoms with E-state index in [1.54, 1.807) is 0 Å². The summed E-state index contributed by atoms with van der Waals surface area (Å²) in [5.74, 6) is 0.